The minimum atomic E-state index is -0.404. The number of aromatic nitrogens is 6. The molecule has 0 spiro atoms. The second-order valence-corrected chi connectivity index (χ2v) is 4.92. The summed E-state index contributed by atoms with van der Waals surface area (Å²) in [5, 5.41) is 10.1. The van der Waals surface area contributed by atoms with Crippen LogP contribution in [0.15, 0.2) is 39.9 Å². The van der Waals surface area contributed by atoms with E-state index < -0.39 is 5.82 Å². The van der Waals surface area contributed by atoms with Crippen LogP contribution in [0.2, 0.25) is 0 Å². The Balaban J connectivity index is 1.77. The first-order chi connectivity index (χ1) is 11.1. The molecule has 114 valence electrons. The number of pyridine rings is 2. The van der Waals surface area contributed by atoms with Gasteiger partial charge in [0.2, 0.25) is 5.82 Å². The van der Waals surface area contributed by atoms with E-state index in [1.807, 2.05) is 0 Å². The van der Waals surface area contributed by atoms with Crippen LogP contribution in [0.1, 0.15) is 5.56 Å². The zero-order chi connectivity index (χ0) is 16.0. The molecule has 0 atom stereocenters. The summed E-state index contributed by atoms with van der Waals surface area (Å²) < 4.78 is 19.8. The van der Waals surface area contributed by atoms with Gasteiger partial charge in [-0.1, -0.05) is 5.16 Å². The molecule has 23 heavy (non-hydrogen) atoms. The lowest BCUT2D eigenvalue weighted by molar-refractivity contribution is 0.430. The van der Waals surface area contributed by atoms with E-state index >= 15 is 0 Å². The van der Waals surface area contributed by atoms with E-state index in [4.69, 9.17) is 4.52 Å². The lowest BCUT2D eigenvalue weighted by Gasteiger charge is -1.97. The molecule has 9 heteroatoms. The topological polar surface area (TPSA) is 102 Å². The number of nitrogens with zero attached hydrogens (tertiary/aromatic N) is 5. The molecule has 0 aliphatic rings. The number of H-pyrrole nitrogens is 1. The highest BCUT2D eigenvalue weighted by Crippen LogP contribution is 2.22. The van der Waals surface area contributed by atoms with Crippen molar-refractivity contribution >= 4 is 5.65 Å². The SMILES string of the molecule is Cc1cc(-c2nc(-c3ccc4n[nH]c(=O)n4c3)no2)ncc1F. The standard InChI is InChI=1S/C14H9FN6O2/c1-7-4-10(16-5-9(7)15)13-17-12(20-23-13)8-2-3-11-18-19-14(22)21(11)6-8/h2-6H,1H3,(H,19,22). The number of fused-ring (bicyclic) bond motifs is 1. The Morgan fingerprint density at radius 3 is 3.04 bits per heavy atom. The third-order valence-electron chi connectivity index (χ3n) is 3.36. The highest BCUT2D eigenvalue weighted by molar-refractivity contribution is 5.59. The lowest BCUT2D eigenvalue weighted by Crippen LogP contribution is -2.08. The molecule has 0 bridgehead atoms. The first kappa shape index (κ1) is 13.3. The minimum Gasteiger partial charge on any atom is -0.332 e. The van der Waals surface area contributed by atoms with E-state index in [-0.39, 0.29) is 11.6 Å². The molecule has 0 radical (unpaired) electrons. The molecule has 8 nitrogen and oxygen atoms in total. The molecule has 0 saturated heterocycles. The normalized spacial score (nSPS) is 11.2. The monoisotopic (exact) mass is 312 g/mol. The molecule has 4 rings (SSSR count). The fraction of sp³-hybridized carbons (Fsp3) is 0.0714. The van der Waals surface area contributed by atoms with Gasteiger partial charge in [0.1, 0.15) is 11.5 Å². The third kappa shape index (κ3) is 2.18. The van der Waals surface area contributed by atoms with Gasteiger partial charge in [0.25, 0.3) is 5.89 Å². The van der Waals surface area contributed by atoms with E-state index in [1.165, 1.54) is 10.5 Å². The Hall–Kier alpha value is -3.36. The summed E-state index contributed by atoms with van der Waals surface area (Å²) in [5.74, 6) is 0.0554. The highest BCUT2D eigenvalue weighted by Gasteiger charge is 2.14. The molecule has 4 aromatic heterocycles. The molecule has 0 aromatic carbocycles. The molecule has 0 amide bonds. The summed E-state index contributed by atoms with van der Waals surface area (Å²) in [6.07, 6.45) is 2.66. The average molecular weight is 312 g/mol. The van der Waals surface area contributed by atoms with Crippen molar-refractivity contribution in [2.75, 3.05) is 0 Å². The Kier molecular flexibility index (Phi) is 2.80. The summed E-state index contributed by atoms with van der Waals surface area (Å²) >= 11 is 0. The van der Waals surface area contributed by atoms with Crippen LogP contribution in [-0.2, 0) is 0 Å². The summed E-state index contributed by atoms with van der Waals surface area (Å²) in [6, 6.07) is 4.90. The zero-order valence-electron chi connectivity index (χ0n) is 11.8. The predicted octanol–water partition coefficient (Wildman–Crippen LogP) is 1.58. The number of hydrogen-bond donors (Lipinski definition) is 1. The van der Waals surface area contributed by atoms with Crippen LogP contribution in [0.3, 0.4) is 0 Å². The van der Waals surface area contributed by atoms with Gasteiger partial charge in [-0.2, -0.15) is 10.1 Å². The fourth-order valence-corrected chi connectivity index (χ4v) is 2.14. The van der Waals surface area contributed by atoms with Gasteiger partial charge in [-0.3, -0.25) is 0 Å². The number of rotatable bonds is 2. The number of aromatic amines is 1. The van der Waals surface area contributed by atoms with Gasteiger partial charge >= 0.3 is 5.69 Å². The van der Waals surface area contributed by atoms with Crippen molar-refractivity contribution in [2.45, 2.75) is 6.92 Å². The van der Waals surface area contributed by atoms with Gasteiger partial charge in [-0.25, -0.2) is 23.7 Å². The summed E-state index contributed by atoms with van der Waals surface area (Å²) in [5.41, 5.74) is 1.51. The Morgan fingerprint density at radius 1 is 1.35 bits per heavy atom. The number of hydrogen-bond acceptors (Lipinski definition) is 6. The van der Waals surface area contributed by atoms with Crippen LogP contribution in [0.4, 0.5) is 4.39 Å². The third-order valence-corrected chi connectivity index (χ3v) is 3.36. The summed E-state index contributed by atoms with van der Waals surface area (Å²) in [4.78, 5) is 19.8. The first-order valence-electron chi connectivity index (χ1n) is 6.65. The molecular formula is C14H9FN6O2. The smallest absolute Gasteiger partial charge is 0.332 e. The van der Waals surface area contributed by atoms with Crippen LogP contribution in [0.5, 0.6) is 0 Å². The van der Waals surface area contributed by atoms with Crippen molar-refractivity contribution in [2.24, 2.45) is 0 Å². The van der Waals surface area contributed by atoms with Gasteiger partial charge in [0.05, 0.1) is 6.20 Å². The van der Waals surface area contributed by atoms with E-state index in [0.29, 0.717) is 28.3 Å². The van der Waals surface area contributed by atoms with E-state index in [1.54, 1.807) is 25.3 Å². The van der Waals surface area contributed by atoms with Crippen molar-refractivity contribution in [3.05, 3.63) is 52.5 Å². The van der Waals surface area contributed by atoms with Crippen LogP contribution in [-0.4, -0.2) is 29.7 Å². The minimum absolute atomic E-state index is 0.169. The largest absolute Gasteiger partial charge is 0.347 e. The number of halogens is 1. The molecule has 0 aliphatic heterocycles. The maximum atomic E-state index is 13.3. The Labute approximate surface area is 127 Å². The van der Waals surface area contributed by atoms with Crippen molar-refractivity contribution in [1.29, 1.82) is 0 Å². The second-order valence-electron chi connectivity index (χ2n) is 4.92. The van der Waals surface area contributed by atoms with Crippen molar-refractivity contribution in [3.63, 3.8) is 0 Å². The number of aryl methyl sites for hydroxylation is 1. The van der Waals surface area contributed by atoms with Crippen LogP contribution in [0, 0.1) is 12.7 Å². The zero-order valence-corrected chi connectivity index (χ0v) is 11.8. The highest BCUT2D eigenvalue weighted by atomic mass is 19.1. The molecule has 1 N–H and O–H groups in total. The van der Waals surface area contributed by atoms with Crippen LogP contribution >= 0.6 is 0 Å². The van der Waals surface area contributed by atoms with Gasteiger partial charge in [-0.05, 0) is 30.7 Å². The molecular weight excluding hydrogens is 303 g/mol. The lowest BCUT2D eigenvalue weighted by atomic mass is 10.2. The maximum absolute atomic E-state index is 13.3. The Bertz CT molecular complexity index is 1080. The number of nitrogens with one attached hydrogen (secondary N) is 1. The predicted molar refractivity (Wildman–Crippen MR) is 77.0 cm³/mol. The Morgan fingerprint density at radius 2 is 2.22 bits per heavy atom. The summed E-state index contributed by atoms with van der Waals surface area (Å²) in [7, 11) is 0. The fourth-order valence-electron chi connectivity index (χ4n) is 2.14. The van der Waals surface area contributed by atoms with Gasteiger partial charge in [0, 0.05) is 11.8 Å². The average Bonchev–Trinajstić information content (AvgIpc) is 3.17. The molecule has 4 heterocycles. The molecule has 0 aliphatic carbocycles. The molecule has 0 fully saturated rings. The van der Waals surface area contributed by atoms with Crippen LogP contribution < -0.4 is 5.69 Å². The van der Waals surface area contributed by atoms with Crippen molar-refractivity contribution in [1.82, 2.24) is 29.7 Å². The summed E-state index contributed by atoms with van der Waals surface area (Å²) in [6.45, 7) is 1.62. The van der Waals surface area contributed by atoms with Gasteiger partial charge in [0.15, 0.2) is 5.65 Å². The molecule has 0 saturated carbocycles. The molecule has 0 unspecified atom stereocenters. The van der Waals surface area contributed by atoms with Gasteiger partial charge in [-0.15, -0.1) is 0 Å². The van der Waals surface area contributed by atoms with Crippen molar-refractivity contribution < 1.29 is 8.91 Å². The van der Waals surface area contributed by atoms with Gasteiger partial charge < -0.3 is 4.52 Å². The van der Waals surface area contributed by atoms with Crippen LogP contribution in [0.25, 0.3) is 28.6 Å². The quantitative estimate of drug-likeness (QED) is 0.603. The maximum Gasteiger partial charge on any atom is 0.347 e. The molecule has 4 aromatic rings. The second kappa shape index (κ2) is 4.83. The van der Waals surface area contributed by atoms with E-state index in [2.05, 4.69) is 25.3 Å². The first-order valence-corrected chi connectivity index (χ1v) is 6.65. The van der Waals surface area contributed by atoms with E-state index in [9.17, 15) is 9.18 Å². The van der Waals surface area contributed by atoms with Crippen molar-refractivity contribution in [3.8, 4) is 23.0 Å². The van der Waals surface area contributed by atoms with E-state index in [0.717, 1.165) is 6.20 Å².